The van der Waals surface area contributed by atoms with E-state index in [-0.39, 0.29) is 0 Å². The highest BCUT2D eigenvalue weighted by molar-refractivity contribution is 5.46. The smallest absolute Gasteiger partial charge is 0.224 e. The topological polar surface area (TPSA) is 71.5 Å². The van der Waals surface area contributed by atoms with Crippen LogP contribution in [0, 0.1) is 6.92 Å². The van der Waals surface area contributed by atoms with Gasteiger partial charge in [-0.2, -0.15) is 4.98 Å². The van der Waals surface area contributed by atoms with Crippen molar-refractivity contribution in [1.29, 1.82) is 0 Å². The van der Waals surface area contributed by atoms with Crippen LogP contribution in [-0.4, -0.2) is 56.3 Å². The van der Waals surface area contributed by atoms with E-state index >= 15 is 0 Å². The van der Waals surface area contributed by atoms with Gasteiger partial charge in [0.2, 0.25) is 5.95 Å². The summed E-state index contributed by atoms with van der Waals surface area (Å²) in [6, 6.07) is 7.78. The monoisotopic (exact) mass is 345 g/mol. The van der Waals surface area contributed by atoms with Gasteiger partial charge in [0.15, 0.2) is 11.5 Å². The Labute approximate surface area is 149 Å². The minimum Gasteiger partial charge on any atom is -0.493 e. The molecule has 0 saturated carbocycles. The summed E-state index contributed by atoms with van der Waals surface area (Å²) in [5.74, 6) is 2.86. The van der Waals surface area contributed by atoms with Gasteiger partial charge in [0.1, 0.15) is 5.82 Å². The highest BCUT2D eigenvalue weighted by Gasteiger charge is 2.06. The zero-order chi connectivity index (χ0) is 18.2. The molecule has 1 aromatic heterocycles. The Morgan fingerprint density at radius 2 is 1.76 bits per heavy atom. The van der Waals surface area contributed by atoms with Crippen LogP contribution in [0.3, 0.4) is 0 Å². The van der Waals surface area contributed by atoms with Crippen molar-refractivity contribution in [1.82, 2.24) is 14.9 Å². The van der Waals surface area contributed by atoms with Crippen LogP contribution in [0.5, 0.6) is 11.5 Å². The number of nitrogens with zero attached hydrogens (tertiary/aromatic N) is 3. The van der Waals surface area contributed by atoms with E-state index in [1.54, 1.807) is 14.2 Å². The van der Waals surface area contributed by atoms with Gasteiger partial charge in [0, 0.05) is 31.4 Å². The van der Waals surface area contributed by atoms with Crippen LogP contribution >= 0.6 is 0 Å². The lowest BCUT2D eigenvalue weighted by Gasteiger charge is -2.13. The number of anilines is 2. The van der Waals surface area contributed by atoms with Crippen LogP contribution in [0.4, 0.5) is 11.8 Å². The molecule has 0 unspecified atom stereocenters. The minimum atomic E-state index is 0.633. The summed E-state index contributed by atoms with van der Waals surface area (Å²) in [6.45, 7) is 4.31. The van der Waals surface area contributed by atoms with E-state index < -0.39 is 0 Å². The number of nitrogens with one attached hydrogen (secondary N) is 2. The second-order valence-electron chi connectivity index (χ2n) is 5.99. The van der Waals surface area contributed by atoms with Gasteiger partial charge in [-0.1, -0.05) is 6.07 Å². The maximum atomic E-state index is 5.34. The van der Waals surface area contributed by atoms with Gasteiger partial charge >= 0.3 is 0 Å². The molecule has 0 spiro atoms. The van der Waals surface area contributed by atoms with Gasteiger partial charge in [-0.05, 0) is 38.7 Å². The van der Waals surface area contributed by atoms with E-state index in [9.17, 15) is 0 Å². The number of ether oxygens (including phenoxy) is 2. The molecule has 7 nitrogen and oxygen atoms in total. The Bertz CT molecular complexity index is 691. The molecule has 2 aromatic rings. The summed E-state index contributed by atoms with van der Waals surface area (Å²) in [4.78, 5) is 11.0. The Morgan fingerprint density at radius 1 is 1.00 bits per heavy atom. The number of rotatable bonds is 9. The molecule has 0 atom stereocenters. The lowest BCUT2D eigenvalue weighted by atomic mass is 10.2. The number of methoxy groups -OCH3 is 2. The summed E-state index contributed by atoms with van der Waals surface area (Å²) in [5.41, 5.74) is 1.99. The highest BCUT2D eigenvalue weighted by atomic mass is 16.5. The normalized spacial score (nSPS) is 10.6. The molecule has 2 N–H and O–H groups in total. The van der Waals surface area contributed by atoms with Gasteiger partial charge in [-0.25, -0.2) is 4.98 Å². The lowest BCUT2D eigenvalue weighted by Crippen LogP contribution is -2.21. The third kappa shape index (κ3) is 5.79. The van der Waals surface area contributed by atoms with Crippen LogP contribution in [0.1, 0.15) is 11.3 Å². The Morgan fingerprint density at radius 3 is 2.44 bits per heavy atom. The summed E-state index contributed by atoms with van der Waals surface area (Å²) in [5, 5.41) is 6.58. The van der Waals surface area contributed by atoms with Crippen molar-refractivity contribution >= 4 is 11.8 Å². The van der Waals surface area contributed by atoms with Crippen molar-refractivity contribution in [2.24, 2.45) is 0 Å². The zero-order valence-electron chi connectivity index (χ0n) is 15.6. The van der Waals surface area contributed by atoms with Crippen molar-refractivity contribution in [3.63, 3.8) is 0 Å². The largest absolute Gasteiger partial charge is 0.493 e. The Kier molecular flexibility index (Phi) is 6.82. The fraction of sp³-hybridized carbons (Fsp3) is 0.444. The minimum absolute atomic E-state index is 0.633. The molecule has 7 heteroatoms. The fourth-order valence-electron chi connectivity index (χ4n) is 2.31. The third-order valence-electron chi connectivity index (χ3n) is 3.62. The van der Waals surface area contributed by atoms with Crippen LogP contribution in [0.25, 0.3) is 0 Å². The number of aromatic nitrogens is 2. The van der Waals surface area contributed by atoms with E-state index in [0.717, 1.165) is 35.9 Å². The summed E-state index contributed by atoms with van der Waals surface area (Å²) >= 11 is 0. The van der Waals surface area contributed by atoms with Crippen molar-refractivity contribution < 1.29 is 9.47 Å². The van der Waals surface area contributed by atoms with Gasteiger partial charge in [0.05, 0.1) is 14.2 Å². The molecular weight excluding hydrogens is 318 g/mol. The average molecular weight is 345 g/mol. The second-order valence-corrected chi connectivity index (χ2v) is 5.99. The predicted molar refractivity (Wildman–Crippen MR) is 101 cm³/mol. The molecular formula is C18H27N5O2. The van der Waals surface area contributed by atoms with Gasteiger partial charge in [-0.15, -0.1) is 0 Å². The molecule has 1 heterocycles. The molecule has 1 aromatic carbocycles. The fourth-order valence-corrected chi connectivity index (χ4v) is 2.31. The van der Waals surface area contributed by atoms with Crippen LogP contribution < -0.4 is 20.1 Å². The van der Waals surface area contributed by atoms with Gasteiger partial charge in [0.25, 0.3) is 0 Å². The molecule has 0 aliphatic rings. The van der Waals surface area contributed by atoms with E-state index in [1.165, 1.54) is 0 Å². The highest BCUT2D eigenvalue weighted by Crippen LogP contribution is 2.27. The number of likely N-dealkylation sites (N-methyl/N-ethyl adjacent to an activating group) is 1. The predicted octanol–water partition coefficient (Wildman–Crippen LogP) is 2.39. The van der Waals surface area contributed by atoms with Crippen molar-refractivity contribution in [2.45, 2.75) is 13.5 Å². The first kappa shape index (κ1) is 18.8. The second kappa shape index (κ2) is 9.08. The molecule has 2 rings (SSSR count). The molecule has 0 saturated heterocycles. The number of benzene rings is 1. The van der Waals surface area contributed by atoms with Gasteiger partial charge in [-0.3, -0.25) is 0 Å². The quantitative estimate of drug-likeness (QED) is 0.723. The van der Waals surface area contributed by atoms with E-state index in [4.69, 9.17) is 9.47 Å². The Hall–Kier alpha value is -2.54. The average Bonchev–Trinajstić information content (AvgIpc) is 2.59. The molecule has 0 fully saturated rings. The molecule has 136 valence electrons. The molecule has 0 aliphatic heterocycles. The Balaban J connectivity index is 2.01. The first-order valence-corrected chi connectivity index (χ1v) is 8.21. The summed E-state index contributed by atoms with van der Waals surface area (Å²) in [6.07, 6.45) is 0. The summed E-state index contributed by atoms with van der Waals surface area (Å²) < 4.78 is 10.6. The van der Waals surface area contributed by atoms with E-state index in [1.807, 2.05) is 45.3 Å². The molecule has 0 aliphatic carbocycles. The maximum Gasteiger partial charge on any atom is 0.224 e. The van der Waals surface area contributed by atoms with E-state index in [0.29, 0.717) is 18.2 Å². The first-order valence-electron chi connectivity index (χ1n) is 8.21. The lowest BCUT2D eigenvalue weighted by molar-refractivity contribution is 0.354. The zero-order valence-corrected chi connectivity index (χ0v) is 15.6. The third-order valence-corrected chi connectivity index (χ3v) is 3.62. The SMILES string of the molecule is COc1ccc(CNc2cc(C)nc(NCCN(C)C)n2)cc1OC. The number of hydrogen-bond donors (Lipinski definition) is 2. The molecule has 25 heavy (non-hydrogen) atoms. The van der Waals surface area contributed by atoms with Crippen molar-refractivity contribution in [3.8, 4) is 11.5 Å². The first-order chi connectivity index (χ1) is 12.0. The van der Waals surface area contributed by atoms with Gasteiger partial charge < -0.3 is 25.0 Å². The van der Waals surface area contributed by atoms with E-state index in [2.05, 4.69) is 25.5 Å². The van der Waals surface area contributed by atoms with Crippen molar-refractivity contribution in [3.05, 3.63) is 35.5 Å². The van der Waals surface area contributed by atoms with Crippen LogP contribution in [0.2, 0.25) is 0 Å². The number of hydrogen-bond acceptors (Lipinski definition) is 7. The van der Waals surface area contributed by atoms with Crippen LogP contribution in [-0.2, 0) is 6.54 Å². The number of aryl methyl sites for hydroxylation is 1. The standard InChI is InChI=1S/C18H27N5O2/c1-13-10-17(22-18(21-13)19-8-9-23(2)3)20-12-14-6-7-15(24-4)16(11-14)25-5/h6-7,10-11H,8-9,12H2,1-5H3,(H2,19,20,21,22). The molecule has 0 bridgehead atoms. The van der Waals surface area contributed by atoms with Crippen LogP contribution in [0.15, 0.2) is 24.3 Å². The molecule has 0 radical (unpaired) electrons. The summed E-state index contributed by atoms with van der Waals surface area (Å²) in [7, 11) is 7.34. The molecule has 0 amide bonds. The maximum absolute atomic E-state index is 5.34. The van der Waals surface area contributed by atoms with Crippen molar-refractivity contribution in [2.75, 3.05) is 52.0 Å².